The molecule has 0 aromatic rings. The molecule has 0 bridgehead atoms. The Balaban J connectivity index is 3.11. The first-order valence-electron chi connectivity index (χ1n) is 0.716. The Labute approximate surface area is 23.1 Å². The molecular formula is CH2N2O. The molecule has 0 spiro atoms. The van der Waals surface area contributed by atoms with Crippen LogP contribution in [0.4, 0.5) is 0 Å². The highest BCUT2D eigenvalue weighted by Crippen LogP contribution is 1.08. The summed E-state index contributed by atoms with van der Waals surface area (Å²) >= 11 is 0. The zero-order chi connectivity index (χ0) is 3.41. The lowest BCUT2D eigenvalue weighted by molar-refractivity contribution is -0.0176. The third-order valence-electron chi connectivity index (χ3n) is 0.0516. The fourth-order valence-corrected chi connectivity index (χ4v) is 0. The van der Waals surface area contributed by atoms with Crippen LogP contribution < -0.4 is 0 Å². The van der Waals surface area contributed by atoms with Crippen molar-refractivity contribution in [2.75, 3.05) is 0 Å². The minimum Gasteiger partial charge on any atom is -0.454 e. The van der Waals surface area contributed by atoms with Gasteiger partial charge in [-0.2, -0.15) is 0 Å². The molecule has 3 heteroatoms. The van der Waals surface area contributed by atoms with Crippen molar-refractivity contribution in [2.24, 2.45) is 0 Å². The van der Waals surface area contributed by atoms with Gasteiger partial charge < -0.3 is 10.6 Å². The molecule has 0 heterocycles. The number of nitrogens with zero attached hydrogens (tertiary/aromatic N) is 2. The predicted octanol–water partition coefficient (Wildman–Crippen LogP) is -0.198. The van der Waals surface area contributed by atoms with E-state index in [0.29, 0.717) is 6.40 Å². The summed E-state index contributed by atoms with van der Waals surface area (Å²) in [4.78, 5) is 2.17. The molecule has 0 aromatic carbocycles. The van der Waals surface area contributed by atoms with Crippen LogP contribution in [0.2, 0.25) is 0 Å². The molecule has 0 atom stereocenters. The van der Waals surface area contributed by atoms with E-state index in [2.05, 4.69) is 4.79 Å². The second-order valence-corrected chi connectivity index (χ2v) is 0.231. The Hall–Kier alpha value is -0.820. The molecule has 0 aliphatic carbocycles. The molecule has 0 rings (SSSR count). The second kappa shape index (κ2) is 2.18. The van der Waals surface area contributed by atoms with Crippen LogP contribution in [0.1, 0.15) is 0 Å². The van der Waals surface area contributed by atoms with Crippen LogP contribution in [0, 0.1) is 0 Å². The molecule has 0 aromatic heterocycles. The van der Waals surface area contributed by atoms with Crippen LogP contribution in [0.3, 0.4) is 0 Å². The smallest absolute Gasteiger partial charge is 0.436 e. The molecule has 0 fully saturated rings. The van der Waals surface area contributed by atoms with E-state index in [1.165, 1.54) is 0 Å². The van der Waals surface area contributed by atoms with Gasteiger partial charge in [0, 0.05) is 0 Å². The Morgan fingerprint density at radius 3 is 2.25 bits per heavy atom. The predicted molar refractivity (Wildman–Crippen MR) is 12.3 cm³/mol. The maximum Gasteiger partial charge on any atom is 0.436 e. The van der Waals surface area contributed by atoms with Gasteiger partial charge in [-0.05, 0) is 0 Å². The number of rotatable bonds is 0. The van der Waals surface area contributed by atoms with Gasteiger partial charge in [0.1, 0.15) is 0 Å². The van der Waals surface area contributed by atoms with Gasteiger partial charge in [-0.1, -0.05) is 0 Å². The normalized spacial score (nSPS) is 4.00. The fourth-order valence-electron chi connectivity index (χ4n) is 0. The average Bonchev–Trinajstić information content (AvgIpc) is 1.37. The largest absolute Gasteiger partial charge is 0.454 e. The first-order valence-corrected chi connectivity index (χ1v) is 0.716. The standard InChI is InChI=1S/CH2N2O/c2-3-1-4/h1,4H. The summed E-state index contributed by atoms with van der Waals surface area (Å²) in [5.41, 5.74) is 7.19. The maximum atomic E-state index is 7.33. The van der Waals surface area contributed by atoms with Gasteiger partial charge in [-0.25, -0.2) is 0 Å². The van der Waals surface area contributed by atoms with Crippen molar-refractivity contribution in [3.8, 4) is 0 Å². The van der Waals surface area contributed by atoms with E-state index in [4.69, 9.17) is 10.6 Å². The quantitative estimate of drug-likeness (QED) is 0.178. The molecule has 1 N–H and O–H groups in total. The van der Waals surface area contributed by atoms with Crippen molar-refractivity contribution in [2.45, 2.75) is 0 Å². The highest BCUT2D eigenvalue weighted by molar-refractivity contribution is 5.33. The van der Waals surface area contributed by atoms with Gasteiger partial charge in [-0.3, -0.25) is 0 Å². The highest BCUT2D eigenvalue weighted by Gasteiger charge is 1.39. The molecule has 0 saturated heterocycles. The molecular weight excluding hydrogens is 56.0 g/mol. The molecule has 0 amide bonds. The van der Waals surface area contributed by atoms with Gasteiger partial charge in [0.05, 0.1) is 0 Å². The lowest BCUT2D eigenvalue weighted by Gasteiger charge is -1.36. The van der Waals surface area contributed by atoms with E-state index in [1.54, 1.807) is 0 Å². The Morgan fingerprint density at radius 2 is 2.25 bits per heavy atom. The van der Waals surface area contributed by atoms with E-state index in [0.717, 1.165) is 0 Å². The molecule has 0 radical (unpaired) electrons. The van der Waals surface area contributed by atoms with Crippen molar-refractivity contribution in [1.29, 1.82) is 0 Å². The first kappa shape index (κ1) is 3.18. The van der Waals surface area contributed by atoms with Crippen LogP contribution in [-0.2, 0) is 0 Å². The maximum absolute atomic E-state index is 7.33. The summed E-state index contributed by atoms with van der Waals surface area (Å²) in [6.07, 6.45) is 0.306. The molecule has 22 valence electrons. The van der Waals surface area contributed by atoms with Gasteiger partial charge in [0.2, 0.25) is 0 Å². The monoisotopic (exact) mass is 58.0 g/mol. The minimum absolute atomic E-state index is 0.306. The van der Waals surface area contributed by atoms with E-state index in [-0.39, 0.29) is 0 Å². The number of aliphatic hydroxyl groups excluding tert-OH is 1. The van der Waals surface area contributed by atoms with Crippen molar-refractivity contribution in [1.82, 2.24) is 0 Å². The highest BCUT2D eigenvalue weighted by atomic mass is 16.2. The molecule has 0 aliphatic heterocycles. The van der Waals surface area contributed by atoms with E-state index < -0.39 is 0 Å². The van der Waals surface area contributed by atoms with Crippen LogP contribution >= 0.6 is 0 Å². The lowest BCUT2D eigenvalue weighted by atomic mass is 11.6. The van der Waals surface area contributed by atoms with Crippen molar-refractivity contribution >= 4 is 6.40 Å². The number of aliphatic hydroxyl groups is 1. The molecule has 4 heavy (non-hydrogen) atoms. The molecule has 3 nitrogen and oxygen atoms in total. The van der Waals surface area contributed by atoms with Crippen LogP contribution in [0.5, 0.6) is 0 Å². The second-order valence-electron chi connectivity index (χ2n) is 0.231. The van der Waals surface area contributed by atoms with Crippen LogP contribution in [0.15, 0.2) is 0 Å². The summed E-state index contributed by atoms with van der Waals surface area (Å²) in [5.74, 6) is 0. The zero-order valence-electron chi connectivity index (χ0n) is 1.92. The van der Waals surface area contributed by atoms with Crippen molar-refractivity contribution < 1.29 is 9.90 Å². The Kier molecular flexibility index (Phi) is 1.73. The summed E-state index contributed by atoms with van der Waals surface area (Å²) in [5, 5.41) is 7.33. The van der Waals surface area contributed by atoms with Crippen LogP contribution in [0.25, 0.3) is 5.53 Å². The average molecular weight is 58.0 g/mol. The molecule has 0 aliphatic rings. The minimum atomic E-state index is 0.306. The molecule has 0 unspecified atom stereocenters. The third-order valence-corrected chi connectivity index (χ3v) is 0.0516. The lowest BCUT2D eigenvalue weighted by Crippen LogP contribution is -1.57. The van der Waals surface area contributed by atoms with Gasteiger partial charge in [0.25, 0.3) is 0 Å². The first-order chi connectivity index (χ1) is 1.91. The molecule has 0 saturated carbocycles. The Bertz CT molecular complexity index is 44.0. The van der Waals surface area contributed by atoms with Gasteiger partial charge in [0.15, 0.2) is 0 Å². The van der Waals surface area contributed by atoms with E-state index in [1.807, 2.05) is 0 Å². The van der Waals surface area contributed by atoms with E-state index >= 15 is 0 Å². The Morgan fingerprint density at radius 1 is 2.00 bits per heavy atom. The summed E-state index contributed by atoms with van der Waals surface area (Å²) in [7, 11) is 0. The zero-order valence-corrected chi connectivity index (χ0v) is 1.92. The summed E-state index contributed by atoms with van der Waals surface area (Å²) in [6.45, 7) is 0. The van der Waals surface area contributed by atoms with E-state index in [9.17, 15) is 0 Å². The summed E-state index contributed by atoms with van der Waals surface area (Å²) in [6, 6.07) is 0. The van der Waals surface area contributed by atoms with Crippen molar-refractivity contribution in [3.05, 3.63) is 5.53 Å². The van der Waals surface area contributed by atoms with Gasteiger partial charge >= 0.3 is 6.40 Å². The number of hydrogen-bond acceptors (Lipinski definition) is 0. The van der Waals surface area contributed by atoms with Crippen molar-refractivity contribution in [3.63, 3.8) is 0 Å². The summed E-state index contributed by atoms with van der Waals surface area (Å²) < 4.78 is 0. The SMILES string of the molecule is [N-]=[N+]=CO. The number of hydrogen-bond donors (Lipinski definition) is 1. The topological polar surface area (TPSA) is 56.6 Å². The van der Waals surface area contributed by atoms with Gasteiger partial charge in [-0.15, -0.1) is 4.79 Å². The fraction of sp³-hybridized carbons (Fsp3) is 0. The van der Waals surface area contributed by atoms with Crippen LogP contribution in [-0.4, -0.2) is 16.3 Å². The third kappa shape index (κ3) is 1.18.